The smallest absolute Gasteiger partial charge is 0.260 e. The first kappa shape index (κ1) is 18.9. The molecule has 0 saturated carbocycles. The number of aliphatic hydroxyl groups excluding tert-OH is 1. The first-order valence-corrected chi connectivity index (χ1v) is 8.66. The molecule has 0 atom stereocenters. The molecular weight excluding hydrogens is 352 g/mol. The van der Waals surface area contributed by atoms with Crippen LogP contribution in [0.5, 0.6) is 5.75 Å². The molecule has 3 N–H and O–H groups in total. The number of primary amides is 1. The predicted octanol–water partition coefficient (Wildman–Crippen LogP) is -0.532. The van der Waals surface area contributed by atoms with Gasteiger partial charge in [0.05, 0.1) is 31.9 Å². The number of nitrogens with two attached hydrogens (primary N) is 1. The number of aromatic nitrogens is 2. The summed E-state index contributed by atoms with van der Waals surface area (Å²) in [5.41, 5.74) is 5.55. The zero-order chi connectivity index (χ0) is 19.2. The minimum absolute atomic E-state index is 0.118. The molecule has 1 fully saturated rings. The zero-order valence-corrected chi connectivity index (χ0v) is 14.8. The van der Waals surface area contributed by atoms with Gasteiger partial charge in [-0.25, -0.2) is 4.98 Å². The number of ether oxygens (including phenoxy) is 2. The third-order valence-electron chi connectivity index (χ3n) is 4.08. The molecule has 9 nitrogen and oxygen atoms in total. The second-order valence-corrected chi connectivity index (χ2v) is 6.02. The highest BCUT2D eigenvalue weighted by molar-refractivity contribution is 5.76. The van der Waals surface area contributed by atoms with Crippen LogP contribution in [-0.2, 0) is 16.0 Å². The van der Waals surface area contributed by atoms with Crippen molar-refractivity contribution in [3.8, 4) is 11.4 Å². The van der Waals surface area contributed by atoms with Crippen LogP contribution in [0.4, 0.5) is 5.82 Å². The molecule has 1 aliphatic heterocycles. The molecule has 9 heteroatoms. The van der Waals surface area contributed by atoms with Gasteiger partial charge in [-0.1, -0.05) is 6.07 Å². The second kappa shape index (κ2) is 8.65. The Balaban J connectivity index is 2.03. The van der Waals surface area contributed by atoms with Crippen LogP contribution in [0.1, 0.15) is 5.82 Å². The lowest BCUT2D eigenvalue weighted by Gasteiger charge is -2.28. The molecule has 2 heterocycles. The van der Waals surface area contributed by atoms with E-state index in [0.717, 1.165) is 0 Å². The van der Waals surface area contributed by atoms with Gasteiger partial charge in [-0.2, -0.15) is 0 Å². The number of amides is 1. The Morgan fingerprint density at radius 1 is 1.30 bits per heavy atom. The lowest BCUT2D eigenvalue weighted by molar-refractivity contribution is -0.117. The number of hydrogen-bond acceptors (Lipinski definition) is 7. The summed E-state index contributed by atoms with van der Waals surface area (Å²) in [6, 6.07) is 8.24. The van der Waals surface area contributed by atoms with Crippen LogP contribution in [0.3, 0.4) is 0 Å². The van der Waals surface area contributed by atoms with E-state index in [4.69, 9.17) is 20.3 Å². The molecule has 2 aromatic rings. The van der Waals surface area contributed by atoms with Crippen molar-refractivity contribution in [1.29, 1.82) is 0 Å². The van der Waals surface area contributed by atoms with Crippen LogP contribution in [0.25, 0.3) is 5.69 Å². The van der Waals surface area contributed by atoms with Gasteiger partial charge < -0.3 is 25.2 Å². The number of carbonyl (C=O) groups excluding carboxylic acids is 1. The van der Waals surface area contributed by atoms with Crippen LogP contribution in [-0.4, -0.2) is 60.1 Å². The number of aliphatic hydroxyl groups is 1. The highest BCUT2D eigenvalue weighted by Gasteiger charge is 2.18. The number of benzene rings is 1. The lowest BCUT2D eigenvalue weighted by Crippen LogP contribution is -2.38. The molecular formula is C18H22N4O5. The third-order valence-corrected chi connectivity index (χ3v) is 4.08. The van der Waals surface area contributed by atoms with Crippen LogP contribution >= 0.6 is 0 Å². The van der Waals surface area contributed by atoms with E-state index in [9.17, 15) is 9.59 Å². The van der Waals surface area contributed by atoms with E-state index in [-0.39, 0.29) is 31.0 Å². The number of hydrogen-bond donors (Lipinski definition) is 2. The second-order valence-electron chi connectivity index (χ2n) is 6.02. The average Bonchev–Trinajstić information content (AvgIpc) is 2.66. The number of carbonyl (C=O) groups is 1. The van der Waals surface area contributed by atoms with Gasteiger partial charge in [-0.05, 0) is 12.1 Å². The van der Waals surface area contributed by atoms with Gasteiger partial charge in [0.1, 0.15) is 24.0 Å². The summed E-state index contributed by atoms with van der Waals surface area (Å²) in [4.78, 5) is 30.8. The maximum absolute atomic E-state index is 12.8. The average molecular weight is 374 g/mol. The van der Waals surface area contributed by atoms with E-state index in [1.54, 1.807) is 24.3 Å². The topological polar surface area (TPSA) is 120 Å². The molecule has 3 rings (SSSR count). The maximum Gasteiger partial charge on any atom is 0.260 e. The van der Waals surface area contributed by atoms with E-state index >= 15 is 0 Å². The minimum atomic E-state index is -0.581. The SMILES string of the molecule is NC(=O)Cc1nc(N2CCOCC2)cc(=O)n1-c1cccc(OCCO)c1. The molecule has 1 aromatic carbocycles. The van der Waals surface area contributed by atoms with Crippen molar-refractivity contribution < 1.29 is 19.4 Å². The van der Waals surface area contributed by atoms with Gasteiger partial charge in [0.2, 0.25) is 5.91 Å². The van der Waals surface area contributed by atoms with Crippen molar-refractivity contribution in [1.82, 2.24) is 9.55 Å². The van der Waals surface area contributed by atoms with Crippen molar-refractivity contribution in [3.63, 3.8) is 0 Å². The summed E-state index contributed by atoms with van der Waals surface area (Å²) in [5.74, 6) is 0.678. The fourth-order valence-corrected chi connectivity index (χ4v) is 2.90. The quantitative estimate of drug-likeness (QED) is 0.668. The zero-order valence-electron chi connectivity index (χ0n) is 14.8. The number of morpholine rings is 1. The molecule has 0 unspecified atom stereocenters. The summed E-state index contributed by atoms with van der Waals surface area (Å²) in [5, 5.41) is 8.90. The van der Waals surface area contributed by atoms with E-state index in [0.29, 0.717) is 43.6 Å². The van der Waals surface area contributed by atoms with Crippen LogP contribution in [0.2, 0.25) is 0 Å². The normalized spacial score (nSPS) is 14.2. The molecule has 27 heavy (non-hydrogen) atoms. The third kappa shape index (κ3) is 4.63. The number of anilines is 1. The largest absolute Gasteiger partial charge is 0.491 e. The number of nitrogens with zero attached hydrogens (tertiary/aromatic N) is 3. The Bertz CT molecular complexity index is 861. The first-order valence-electron chi connectivity index (χ1n) is 8.66. The standard InChI is InChI=1S/C18H22N4O5/c19-15(24)11-17-20-16(21-4-7-26-8-5-21)12-18(25)22(17)13-2-1-3-14(10-13)27-9-6-23/h1-3,10,12,23H,4-9,11H2,(H2,19,24). The summed E-state index contributed by atoms with van der Waals surface area (Å²) < 4.78 is 12.1. The molecule has 0 bridgehead atoms. The highest BCUT2D eigenvalue weighted by atomic mass is 16.5. The molecule has 1 amide bonds. The van der Waals surface area contributed by atoms with E-state index < -0.39 is 5.91 Å². The lowest BCUT2D eigenvalue weighted by atomic mass is 10.2. The summed E-state index contributed by atoms with van der Waals surface area (Å²) >= 11 is 0. The van der Waals surface area contributed by atoms with Gasteiger partial charge in [-0.3, -0.25) is 14.2 Å². The fraction of sp³-hybridized carbons (Fsp3) is 0.389. The monoisotopic (exact) mass is 374 g/mol. The van der Waals surface area contributed by atoms with Crippen LogP contribution < -0.4 is 20.9 Å². The van der Waals surface area contributed by atoms with Gasteiger partial charge >= 0.3 is 0 Å². The van der Waals surface area contributed by atoms with Crippen LogP contribution in [0.15, 0.2) is 35.1 Å². The molecule has 1 saturated heterocycles. The Kier molecular flexibility index (Phi) is 6.05. The molecule has 1 aliphatic rings. The van der Waals surface area contributed by atoms with Crippen molar-refractivity contribution >= 4 is 11.7 Å². The fourth-order valence-electron chi connectivity index (χ4n) is 2.90. The van der Waals surface area contributed by atoms with E-state index in [2.05, 4.69) is 4.98 Å². The summed E-state index contributed by atoms with van der Waals surface area (Å²) in [7, 11) is 0. The minimum Gasteiger partial charge on any atom is -0.491 e. The van der Waals surface area contributed by atoms with E-state index in [1.165, 1.54) is 10.6 Å². The maximum atomic E-state index is 12.8. The van der Waals surface area contributed by atoms with Crippen molar-refractivity contribution in [2.75, 3.05) is 44.4 Å². The Morgan fingerprint density at radius 3 is 2.78 bits per heavy atom. The molecule has 1 aromatic heterocycles. The summed E-state index contributed by atoms with van der Waals surface area (Å²) in [6.07, 6.45) is -0.171. The molecule has 0 aliphatic carbocycles. The van der Waals surface area contributed by atoms with Crippen molar-refractivity contribution in [3.05, 3.63) is 46.5 Å². The van der Waals surface area contributed by atoms with Gasteiger partial charge in [-0.15, -0.1) is 0 Å². The van der Waals surface area contributed by atoms with Crippen molar-refractivity contribution in [2.45, 2.75) is 6.42 Å². The van der Waals surface area contributed by atoms with Gasteiger partial charge in [0.15, 0.2) is 0 Å². The Labute approximate surface area is 155 Å². The predicted molar refractivity (Wildman–Crippen MR) is 98.3 cm³/mol. The molecule has 0 radical (unpaired) electrons. The van der Waals surface area contributed by atoms with Crippen molar-refractivity contribution in [2.24, 2.45) is 5.73 Å². The van der Waals surface area contributed by atoms with E-state index in [1.807, 2.05) is 4.90 Å². The van der Waals surface area contributed by atoms with Crippen LogP contribution in [0, 0.1) is 0 Å². The Morgan fingerprint density at radius 2 is 2.07 bits per heavy atom. The highest BCUT2D eigenvalue weighted by Crippen LogP contribution is 2.19. The number of rotatable bonds is 7. The summed E-state index contributed by atoms with van der Waals surface area (Å²) in [6.45, 7) is 2.38. The molecule has 0 spiro atoms. The van der Waals surface area contributed by atoms with Gasteiger partial charge in [0.25, 0.3) is 5.56 Å². The Hall–Kier alpha value is -2.91. The van der Waals surface area contributed by atoms with Gasteiger partial charge in [0, 0.05) is 25.2 Å². The molecule has 144 valence electrons. The first-order chi connectivity index (χ1) is 13.1.